The molecule has 7 nitrogen and oxygen atoms in total. The van der Waals surface area contributed by atoms with Crippen molar-refractivity contribution >= 4 is 17.7 Å². The molecule has 3 heterocycles. The number of rotatable bonds is 3. The number of likely N-dealkylation sites (tertiary alicyclic amines) is 1. The number of aryl methyl sites for hydroxylation is 2. The Balaban J connectivity index is 0.000000994. The molecule has 2 aromatic rings. The van der Waals surface area contributed by atoms with Gasteiger partial charge in [0.25, 0.3) is 0 Å². The summed E-state index contributed by atoms with van der Waals surface area (Å²) >= 11 is 0. The van der Waals surface area contributed by atoms with Gasteiger partial charge in [0.1, 0.15) is 11.2 Å². The van der Waals surface area contributed by atoms with Crippen LogP contribution in [0.2, 0.25) is 0 Å². The van der Waals surface area contributed by atoms with Gasteiger partial charge >= 0.3 is 6.09 Å². The number of benzene rings is 1. The number of anilines is 1. The molecule has 5 rings (SSSR count). The Kier molecular flexibility index (Phi) is 5.06. The highest BCUT2D eigenvalue weighted by Crippen LogP contribution is 2.47. The van der Waals surface area contributed by atoms with E-state index < -0.39 is 5.41 Å². The van der Waals surface area contributed by atoms with Crippen LogP contribution in [0.15, 0.2) is 24.3 Å². The van der Waals surface area contributed by atoms with Gasteiger partial charge < -0.3 is 19.5 Å². The molecular weight excluding hydrogens is 368 g/mol. The molecule has 7 heteroatoms. The molecule has 0 saturated carbocycles. The lowest BCUT2D eigenvalue weighted by atomic mass is 9.75. The number of nitrogens with one attached hydrogen (secondary N) is 1. The number of hydrogen-bond acceptors (Lipinski definition) is 4. The average molecular weight is 396 g/mol. The van der Waals surface area contributed by atoms with Crippen molar-refractivity contribution in [3.63, 3.8) is 0 Å². The monoisotopic (exact) mass is 396 g/mol. The Bertz CT molecular complexity index is 908. The van der Waals surface area contributed by atoms with Crippen LogP contribution in [-0.2, 0) is 34.3 Å². The lowest BCUT2D eigenvalue weighted by Gasteiger charge is -2.45. The minimum absolute atomic E-state index is 0.0424. The number of carbonyl (C=O) groups is 2. The van der Waals surface area contributed by atoms with Gasteiger partial charge in [-0.2, -0.15) is 0 Å². The molecule has 1 fully saturated rings. The highest BCUT2D eigenvalue weighted by molar-refractivity contribution is 6.09. The van der Waals surface area contributed by atoms with Gasteiger partial charge in [-0.15, -0.1) is 0 Å². The molecule has 0 bridgehead atoms. The van der Waals surface area contributed by atoms with E-state index in [1.165, 1.54) is 5.69 Å². The van der Waals surface area contributed by atoms with E-state index in [-0.39, 0.29) is 12.0 Å². The second kappa shape index (κ2) is 7.54. The summed E-state index contributed by atoms with van der Waals surface area (Å²) in [5.74, 6) is 0.877. The molecular formula is C22H28N4O3. The molecule has 0 atom stereocenters. The summed E-state index contributed by atoms with van der Waals surface area (Å²) in [5.41, 5.74) is 3.60. The molecule has 2 aliphatic heterocycles. The van der Waals surface area contributed by atoms with E-state index in [9.17, 15) is 9.59 Å². The Morgan fingerprint density at radius 1 is 1.24 bits per heavy atom. The van der Waals surface area contributed by atoms with Crippen LogP contribution in [-0.4, -0.2) is 46.6 Å². The number of hydrogen-bond donors (Lipinski definition) is 1. The number of H-pyrrole nitrogens is 1. The summed E-state index contributed by atoms with van der Waals surface area (Å²) < 4.78 is 5.08. The van der Waals surface area contributed by atoms with Gasteiger partial charge in [-0.25, -0.2) is 9.78 Å². The molecule has 0 unspecified atom stereocenters. The maximum absolute atomic E-state index is 13.4. The highest BCUT2D eigenvalue weighted by Gasteiger charge is 2.59. The number of aromatic nitrogens is 2. The fourth-order valence-electron chi connectivity index (χ4n) is 4.58. The van der Waals surface area contributed by atoms with Crippen LogP contribution < -0.4 is 4.90 Å². The summed E-state index contributed by atoms with van der Waals surface area (Å²) in [7, 11) is 0. The molecule has 0 radical (unpaired) electrons. The first-order valence-electron chi connectivity index (χ1n) is 10.5. The summed E-state index contributed by atoms with van der Waals surface area (Å²) in [5, 5.41) is 0. The van der Waals surface area contributed by atoms with Crippen LogP contribution in [0.4, 0.5) is 10.5 Å². The summed E-state index contributed by atoms with van der Waals surface area (Å²) in [4.78, 5) is 36.9. The molecule has 1 saturated heterocycles. The molecule has 1 aromatic heterocycles. The lowest BCUT2D eigenvalue weighted by Crippen LogP contribution is -2.65. The van der Waals surface area contributed by atoms with Crippen molar-refractivity contribution in [1.29, 1.82) is 0 Å². The van der Waals surface area contributed by atoms with Crippen molar-refractivity contribution in [2.75, 3.05) is 24.6 Å². The van der Waals surface area contributed by atoms with E-state index in [0.717, 1.165) is 42.0 Å². The summed E-state index contributed by atoms with van der Waals surface area (Å²) in [6, 6.07) is 7.87. The number of aromatic amines is 1. The largest absolute Gasteiger partial charge is 0.450 e. The molecule has 2 amide bonds. The van der Waals surface area contributed by atoms with Crippen LogP contribution in [0.3, 0.4) is 0 Å². The van der Waals surface area contributed by atoms with Gasteiger partial charge in [-0.3, -0.25) is 4.79 Å². The Labute approximate surface area is 171 Å². The first-order valence-corrected chi connectivity index (χ1v) is 10.5. The topological polar surface area (TPSA) is 78.5 Å². The Morgan fingerprint density at radius 3 is 2.72 bits per heavy atom. The average Bonchev–Trinajstić information content (AvgIpc) is 3.35. The summed E-state index contributed by atoms with van der Waals surface area (Å²) in [6.45, 7) is 7.29. The normalized spacial score (nSPS) is 18.1. The third kappa shape index (κ3) is 2.99. The molecule has 3 aliphatic rings. The van der Waals surface area contributed by atoms with Crippen molar-refractivity contribution < 1.29 is 14.3 Å². The first-order chi connectivity index (χ1) is 14.1. The standard InChI is InChI=1S/C20H22N4O3.C2H6/c1-2-27-19(26)23-11-20(12-23)13-6-3-4-9-16(13)24(18(20)25)10-17-21-14-7-5-8-15(14)22-17;1-2/h3-4,6,9H,2,5,7-8,10-12H2,1H3,(H,21,22);1-2H3. The van der Waals surface area contributed by atoms with Crippen LogP contribution in [0.25, 0.3) is 0 Å². The second-order valence-electron chi connectivity index (χ2n) is 7.51. The van der Waals surface area contributed by atoms with Crippen molar-refractivity contribution in [2.45, 2.75) is 52.0 Å². The van der Waals surface area contributed by atoms with E-state index >= 15 is 0 Å². The Morgan fingerprint density at radius 2 is 2.00 bits per heavy atom. The van der Waals surface area contributed by atoms with Gasteiger partial charge in [-0.05, 0) is 37.8 Å². The highest BCUT2D eigenvalue weighted by atomic mass is 16.6. The van der Waals surface area contributed by atoms with Crippen LogP contribution >= 0.6 is 0 Å². The van der Waals surface area contributed by atoms with Crippen molar-refractivity contribution in [2.24, 2.45) is 0 Å². The van der Waals surface area contributed by atoms with Gasteiger partial charge in [0, 0.05) is 24.5 Å². The van der Waals surface area contributed by atoms with Crippen molar-refractivity contribution in [3.8, 4) is 0 Å². The summed E-state index contributed by atoms with van der Waals surface area (Å²) in [6.07, 6.45) is 2.83. The zero-order valence-electron chi connectivity index (χ0n) is 17.3. The van der Waals surface area contributed by atoms with E-state index in [0.29, 0.717) is 26.2 Å². The minimum atomic E-state index is -0.654. The van der Waals surface area contributed by atoms with Crippen molar-refractivity contribution in [1.82, 2.24) is 14.9 Å². The number of carbonyl (C=O) groups excluding carboxylic acids is 2. The first kappa shape index (κ1) is 19.5. The van der Waals surface area contributed by atoms with E-state index in [1.54, 1.807) is 11.8 Å². The minimum Gasteiger partial charge on any atom is -0.450 e. The predicted octanol–water partition coefficient (Wildman–Crippen LogP) is 3.18. The Hall–Kier alpha value is -2.83. The van der Waals surface area contributed by atoms with Gasteiger partial charge in [0.15, 0.2) is 0 Å². The maximum Gasteiger partial charge on any atom is 0.409 e. The number of para-hydroxylation sites is 1. The third-order valence-electron chi connectivity index (χ3n) is 5.87. The zero-order chi connectivity index (χ0) is 20.6. The van der Waals surface area contributed by atoms with E-state index in [4.69, 9.17) is 4.74 Å². The molecule has 1 aromatic carbocycles. The van der Waals surface area contributed by atoms with E-state index in [2.05, 4.69) is 9.97 Å². The number of ether oxygens (including phenoxy) is 1. The SMILES string of the molecule is CC.CCOC(=O)N1CC2(C1)C(=O)N(Cc1nc3c([nH]1)CCC3)c1ccccc12. The van der Waals surface area contributed by atoms with Gasteiger partial charge in [0.2, 0.25) is 5.91 Å². The third-order valence-corrected chi connectivity index (χ3v) is 5.87. The van der Waals surface area contributed by atoms with Crippen LogP contribution in [0, 0.1) is 0 Å². The van der Waals surface area contributed by atoms with Crippen molar-refractivity contribution in [3.05, 3.63) is 47.0 Å². The fourth-order valence-corrected chi connectivity index (χ4v) is 4.58. The fraction of sp³-hybridized carbons (Fsp3) is 0.500. The number of fused-ring (bicyclic) bond motifs is 3. The molecule has 1 N–H and O–H groups in total. The zero-order valence-corrected chi connectivity index (χ0v) is 17.3. The van der Waals surface area contributed by atoms with E-state index in [1.807, 2.05) is 43.0 Å². The molecule has 154 valence electrons. The number of imidazole rings is 1. The van der Waals surface area contributed by atoms with Crippen LogP contribution in [0.5, 0.6) is 0 Å². The quantitative estimate of drug-likeness (QED) is 0.864. The smallest absolute Gasteiger partial charge is 0.409 e. The van der Waals surface area contributed by atoms with Crippen LogP contribution in [0.1, 0.15) is 50.0 Å². The predicted molar refractivity (Wildman–Crippen MR) is 110 cm³/mol. The molecule has 1 spiro atoms. The van der Waals surface area contributed by atoms with Gasteiger partial charge in [0.05, 0.1) is 18.8 Å². The molecule has 29 heavy (non-hydrogen) atoms. The van der Waals surface area contributed by atoms with Gasteiger partial charge in [-0.1, -0.05) is 32.0 Å². The maximum atomic E-state index is 13.4. The number of amides is 2. The number of nitrogens with zero attached hydrogens (tertiary/aromatic N) is 3. The lowest BCUT2D eigenvalue weighted by molar-refractivity contribution is -0.128. The molecule has 1 aliphatic carbocycles. The second-order valence-corrected chi connectivity index (χ2v) is 7.51.